The van der Waals surface area contributed by atoms with E-state index in [0.29, 0.717) is 29.4 Å². The van der Waals surface area contributed by atoms with E-state index in [1.54, 1.807) is 31.2 Å². The Balaban J connectivity index is 1.65. The number of carbonyl (C=O) groups is 2. The van der Waals surface area contributed by atoms with Gasteiger partial charge in [-0.25, -0.2) is 9.78 Å². The maximum atomic E-state index is 12.6. The van der Waals surface area contributed by atoms with Crippen LogP contribution in [0, 0.1) is 6.92 Å². The molecule has 1 N–H and O–H groups in total. The summed E-state index contributed by atoms with van der Waals surface area (Å²) in [4.78, 5) is 29.4. The average molecular weight is 458 g/mol. The fourth-order valence-electron chi connectivity index (χ4n) is 3.74. The van der Waals surface area contributed by atoms with Gasteiger partial charge >= 0.3 is 11.9 Å². The molecule has 2 aromatic heterocycles. The first-order valence-electron chi connectivity index (χ1n) is 11.3. The second-order valence-electron chi connectivity index (χ2n) is 7.80. The molecule has 0 unspecified atom stereocenters. The number of hydrogen-bond donors (Lipinski definition) is 1. The Labute approximate surface area is 198 Å². The van der Waals surface area contributed by atoms with Crippen molar-refractivity contribution in [1.82, 2.24) is 9.38 Å². The Hall–Kier alpha value is -4.13. The number of esters is 2. The summed E-state index contributed by atoms with van der Waals surface area (Å²) in [6.45, 7) is 6.12. The van der Waals surface area contributed by atoms with Crippen LogP contribution < -0.4 is 10.1 Å². The fraction of sp³-hybridized carbons (Fsp3) is 0.222. The van der Waals surface area contributed by atoms with Crippen LogP contribution in [-0.2, 0) is 16.0 Å². The van der Waals surface area contributed by atoms with Crippen LogP contribution in [0.3, 0.4) is 0 Å². The predicted molar refractivity (Wildman–Crippen MR) is 131 cm³/mol. The minimum absolute atomic E-state index is 0.00536. The Bertz CT molecular complexity index is 1330. The molecule has 0 atom stereocenters. The lowest BCUT2D eigenvalue weighted by molar-refractivity contribution is -0.140. The molecule has 0 spiro atoms. The van der Waals surface area contributed by atoms with Gasteiger partial charge in [-0.2, -0.15) is 0 Å². The highest BCUT2D eigenvalue weighted by atomic mass is 16.5. The molecule has 4 rings (SSSR count). The van der Waals surface area contributed by atoms with Crippen LogP contribution in [0.15, 0.2) is 66.7 Å². The second-order valence-corrected chi connectivity index (χ2v) is 7.80. The van der Waals surface area contributed by atoms with Crippen LogP contribution in [0.4, 0.5) is 5.82 Å². The number of benzene rings is 2. The van der Waals surface area contributed by atoms with Crippen molar-refractivity contribution in [1.29, 1.82) is 0 Å². The van der Waals surface area contributed by atoms with E-state index in [-0.39, 0.29) is 12.5 Å². The van der Waals surface area contributed by atoms with Crippen LogP contribution in [0.2, 0.25) is 0 Å². The normalized spacial score (nSPS) is 10.8. The molecule has 7 heteroatoms. The molecule has 0 aliphatic heterocycles. The molecule has 174 valence electrons. The zero-order valence-electron chi connectivity index (χ0n) is 19.5. The number of aromatic nitrogens is 2. The molecule has 0 amide bonds. The van der Waals surface area contributed by atoms with Gasteiger partial charge in [-0.1, -0.05) is 37.3 Å². The molecule has 0 saturated carbocycles. The van der Waals surface area contributed by atoms with Crippen molar-refractivity contribution in [3.05, 3.63) is 83.6 Å². The van der Waals surface area contributed by atoms with Crippen LogP contribution in [-0.4, -0.2) is 34.5 Å². The largest absolute Gasteiger partial charge is 0.465 e. The van der Waals surface area contributed by atoms with E-state index < -0.39 is 5.97 Å². The van der Waals surface area contributed by atoms with E-state index in [2.05, 4.69) is 12.2 Å². The number of carbonyl (C=O) groups excluding carboxylic acids is 2. The van der Waals surface area contributed by atoms with Crippen LogP contribution in [0.1, 0.15) is 35.5 Å². The molecule has 0 radical (unpaired) electrons. The van der Waals surface area contributed by atoms with Gasteiger partial charge in [0.25, 0.3) is 0 Å². The first-order valence-corrected chi connectivity index (χ1v) is 11.3. The third kappa shape index (κ3) is 4.93. The summed E-state index contributed by atoms with van der Waals surface area (Å²) >= 11 is 0. The number of fused-ring (bicyclic) bond motifs is 1. The summed E-state index contributed by atoms with van der Waals surface area (Å²) in [6, 6.07) is 20.4. The number of imidazole rings is 1. The van der Waals surface area contributed by atoms with E-state index in [1.165, 1.54) is 0 Å². The highest BCUT2D eigenvalue weighted by Gasteiger charge is 2.18. The number of hydrogen-bond acceptors (Lipinski definition) is 6. The highest BCUT2D eigenvalue weighted by Crippen LogP contribution is 2.32. The first kappa shape index (κ1) is 23.0. The number of ether oxygens (including phenoxy) is 2. The minimum Gasteiger partial charge on any atom is -0.465 e. The smallest absolute Gasteiger partial charge is 0.343 e. The Kier molecular flexibility index (Phi) is 6.92. The summed E-state index contributed by atoms with van der Waals surface area (Å²) < 4.78 is 12.6. The molecular weight excluding hydrogens is 430 g/mol. The summed E-state index contributed by atoms with van der Waals surface area (Å²) in [5.41, 5.74) is 4.73. The van der Waals surface area contributed by atoms with Crippen molar-refractivity contribution >= 4 is 23.4 Å². The molecular formula is C27H27N3O4. The second kappa shape index (κ2) is 10.2. The molecule has 0 aliphatic rings. The van der Waals surface area contributed by atoms with Crippen molar-refractivity contribution in [2.75, 3.05) is 18.5 Å². The lowest BCUT2D eigenvalue weighted by Crippen LogP contribution is -2.18. The SMILES string of the molecule is CCOC(=O)CNc1c(-c2cccc(OC(=O)c3ccc(CC)cc3)c2)nc2cccc(C)n12. The summed E-state index contributed by atoms with van der Waals surface area (Å²) in [7, 11) is 0. The number of nitrogens with zero attached hydrogens (tertiary/aromatic N) is 2. The van der Waals surface area contributed by atoms with E-state index in [9.17, 15) is 9.59 Å². The van der Waals surface area contributed by atoms with E-state index in [4.69, 9.17) is 14.5 Å². The van der Waals surface area contributed by atoms with Crippen LogP contribution >= 0.6 is 0 Å². The van der Waals surface area contributed by atoms with E-state index >= 15 is 0 Å². The van der Waals surface area contributed by atoms with Gasteiger partial charge < -0.3 is 14.8 Å². The van der Waals surface area contributed by atoms with Crippen LogP contribution in [0.25, 0.3) is 16.9 Å². The molecule has 0 bridgehead atoms. The van der Waals surface area contributed by atoms with Gasteiger partial charge in [0, 0.05) is 11.3 Å². The van der Waals surface area contributed by atoms with Gasteiger partial charge in [0.2, 0.25) is 0 Å². The topological polar surface area (TPSA) is 81.9 Å². The molecule has 34 heavy (non-hydrogen) atoms. The molecule has 4 aromatic rings. The molecule has 0 aliphatic carbocycles. The van der Waals surface area contributed by atoms with Crippen LogP contribution in [0.5, 0.6) is 5.75 Å². The maximum absolute atomic E-state index is 12.6. The van der Waals surface area contributed by atoms with Gasteiger partial charge in [0.1, 0.15) is 29.5 Å². The van der Waals surface area contributed by atoms with Gasteiger partial charge in [-0.3, -0.25) is 9.20 Å². The standard InChI is InChI=1S/C27H27N3O4/c1-4-19-12-14-20(15-13-19)27(32)34-22-10-7-9-21(16-22)25-26(28-17-24(31)33-5-2)30-18(3)8-6-11-23(30)29-25/h6-16,28H,4-5,17H2,1-3H3. The fourth-order valence-corrected chi connectivity index (χ4v) is 3.74. The quantitative estimate of drug-likeness (QED) is 0.294. The Morgan fingerprint density at radius 1 is 1.00 bits per heavy atom. The third-order valence-corrected chi connectivity index (χ3v) is 5.46. The van der Waals surface area contributed by atoms with Gasteiger partial charge in [0.05, 0.1) is 12.2 Å². The molecule has 2 heterocycles. The minimum atomic E-state index is -0.425. The number of nitrogens with one attached hydrogen (secondary N) is 1. The number of aryl methyl sites for hydroxylation is 2. The van der Waals surface area contributed by atoms with Gasteiger partial charge in [0.15, 0.2) is 0 Å². The zero-order valence-corrected chi connectivity index (χ0v) is 19.5. The summed E-state index contributed by atoms with van der Waals surface area (Å²) in [5, 5.41) is 3.18. The van der Waals surface area contributed by atoms with Crippen molar-refractivity contribution in [2.24, 2.45) is 0 Å². The van der Waals surface area contributed by atoms with Crippen molar-refractivity contribution in [3.63, 3.8) is 0 Å². The maximum Gasteiger partial charge on any atom is 0.343 e. The van der Waals surface area contributed by atoms with Crippen molar-refractivity contribution in [2.45, 2.75) is 27.2 Å². The van der Waals surface area contributed by atoms with Gasteiger partial charge in [-0.15, -0.1) is 0 Å². The highest BCUT2D eigenvalue weighted by molar-refractivity contribution is 5.91. The first-order chi connectivity index (χ1) is 16.5. The number of pyridine rings is 1. The van der Waals surface area contributed by atoms with Crippen molar-refractivity contribution in [3.8, 4) is 17.0 Å². The monoisotopic (exact) mass is 457 g/mol. The summed E-state index contributed by atoms with van der Waals surface area (Å²) in [6.07, 6.45) is 0.905. The molecule has 0 saturated heterocycles. The number of rotatable bonds is 8. The van der Waals surface area contributed by atoms with Crippen molar-refractivity contribution < 1.29 is 19.1 Å². The summed E-state index contributed by atoms with van der Waals surface area (Å²) in [5.74, 6) is 0.298. The zero-order chi connectivity index (χ0) is 24.1. The van der Waals surface area contributed by atoms with Gasteiger partial charge in [-0.05, 0) is 62.2 Å². The third-order valence-electron chi connectivity index (χ3n) is 5.46. The molecule has 7 nitrogen and oxygen atoms in total. The molecule has 0 fully saturated rings. The Morgan fingerprint density at radius 3 is 2.50 bits per heavy atom. The predicted octanol–water partition coefficient (Wildman–Crippen LogP) is 5.07. The Morgan fingerprint density at radius 2 is 1.76 bits per heavy atom. The van der Waals surface area contributed by atoms with E-state index in [0.717, 1.165) is 28.9 Å². The average Bonchev–Trinajstić information content (AvgIpc) is 3.23. The lowest BCUT2D eigenvalue weighted by atomic mass is 10.1. The lowest BCUT2D eigenvalue weighted by Gasteiger charge is -2.11. The van der Waals surface area contributed by atoms with E-state index in [1.807, 2.05) is 53.8 Å². The number of anilines is 1. The molecule has 2 aromatic carbocycles.